The van der Waals surface area contributed by atoms with Crippen LogP contribution in [0.3, 0.4) is 0 Å². The molecule has 0 spiro atoms. The summed E-state index contributed by atoms with van der Waals surface area (Å²) >= 11 is 0. The molecule has 1 saturated heterocycles. The second-order valence-electron chi connectivity index (χ2n) is 5.44. The molecule has 4 heteroatoms. The molecule has 0 aromatic heterocycles. The van der Waals surface area contributed by atoms with Gasteiger partial charge in [-0.1, -0.05) is 6.92 Å². The summed E-state index contributed by atoms with van der Waals surface area (Å²) in [6.07, 6.45) is 3.43. The Morgan fingerprint density at radius 2 is 2.00 bits per heavy atom. The van der Waals surface area contributed by atoms with Gasteiger partial charge in [0.1, 0.15) is 0 Å². The van der Waals surface area contributed by atoms with Crippen LogP contribution in [0, 0.1) is 0 Å². The van der Waals surface area contributed by atoms with Crippen molar-refractivity contribution in [3.63, 3.8) is 0 Å². The van der Waals surface area contributed by atoms with Crippen molar-refractivity contribution in [2.75, 3.05) is 46.8 Å². The molecule has 1 heterocycles. The molecule has 1 fully saturated rings. The Balaban J connectivity index is 2.09. The molecule has 0 aliphatic carbocycles. The number of likely N-dealkylation sites (N-methyl/N-ethyl adjacent to an activating group) is 1. The molecule has 0 bridgehead atoms. The van der Waals surface area contributed by atoms with Gasteiger partial charge in [-0.15, -0.1) is 0 Å². The van der Waals surface area contributed by atoms with Gasteiger partial charge in [-0.05, 0) is 53.0 Å². The third kappa shape index (κ3) is 6.36. The predicted molar refractivity (Wildman–Crippen MR) is 72.3 cm³/mol. The van der Waals surface area contributed by atoms with E-state index < -0.39 is 0 Å². The van der Waals surface area contributed by atoms with E-state index in [1.54, 1.807) is 0 Å². The van der Waals surface area contributed by atoms with E-state index in [0.717, 1.165) is 13.1 Å². The Morgan fingerprint density at radius 3 is 2.53 bits per heavy atom. The van der Waals surface area contributed by atoms with Crippen molar-refractivity contribution < 1.29 is 5.11 Å². The van der Waals surface area contributed by atoms with Gasteiger partial charge in [0.25, 0.3) is 0 Å². The van der Waals surface area contributed by atoms with Crippen molar-refractivity contribution in [1.29, 1.82) is 0 Å². The summed E-state index contributed by atoms with van der Waals surface area (Å²) in [5.41, 5.74) is 0. The van der Waals surface area contributed by atoms with Crippen LogP contribution >= 0.6 is 0 Å². The number of aliphatic hydroxyl groups is 1. The van der Waals surface area contributed by atoms with Crippen LogP contribution in [0.5, 0.6) is 0 Å². The molecule has 1 aliphatic rings. The van der Waals surface area contributed by atoms with Crippen molar-refractivity contribution >= 4 is 0 Å². The van der Waals surface area contributed by atoms with Crippen LogP contribution in [0.25, 0.3) is 0 Å². The minimum absolute atomic E-state index is 0.251. The molecule has 4 nitrogen and oxygen atoms in total. The topological polar surface area (TPSA) is 38.7 Å². The van der Waals surface area contributed by atoms with Gasteiger partial charge in [0.05, 0.1) is 6.10 Å². The highest BCUT2D eigenvalue weighted by molar-refractivity contribution is 4.78. The summed E-state index contributed by atoms with van der Waals surface area (Å²) in [6, 6.07) is 0.597. The number of nitrogens with zero attached hydrogens (tertiary/aromatic N) is 2. The molecule has 1 unspecified atom stereocenters. The molecule has 0 amide bonds. The molecule has 1 atom stereocenters. The number of likely N-dealkylation sites (tertiary alicyclic amines) is 1. The number of hydrogen-bond acceptors (Lipinski definition) is 4. The molecule has 1 aliphatic heterocycles. The Bertz CT molecular complexity index is 191. The third-order valence-electron chi connectivity index (χ3n) is 3.35. The zero-order valence-electron chi connectivity index (χ0n) is 11.7. The van der Waals surface area contributed by atoms with Gasteiger partial charge in [-0.3, -0.25) is 0 Å². The Morgan fingerprint density at radius 1 is 1.35 bits per heavy atom. The second kappa shape index (κ2) is 8.03. The van der Waals surface area contributed by atoms with Gasteiger partial charge in [0, 0.05) is 19.1 Å². The van der Waals surface area contributed by atoms with Crippen LogP contribution in [-0.4, -0.2) is 73.9 Å². The fraction of sp³-hybridized carbons (Fsp3) is 1.00. The number of nitrogens with one attached hydrogen (secondary N) is 1. The van der Waals surface area contributed by atoms with Crippen molar-refractivity contribution in [2.24, 2.45) is 0 Å². The highest BCUT2D eigenvalue weighted by Crippen LogP contribution is 2.10. The lowest BCUT2D eigenvalue weighted by atomic mass is 10.0. The lowest BCUT2D eigenvalue weighted by molar-refractivity contribution is 0.123. The zero-order chi connectivity index (χ0) is 12.7. The Kier molecular flexibility index (Phi) is 7.04. The predicted octanol–water partition coefficient (Wildman–Crippen LogP) is 0.373. The summed E-state index contributed by atoms with van der Waals surface area (Å²) in [6.45, 7) is 7.33. The van der Waals surface area contributed by atoms with Crippen molar-refractivity contribution in [3.05, 3.63) is 0 Å². The third-order valence-corrected chi connectivity index (χ3v) is 3.35. The van der Waals surface area contributed by atoms with E-state index in [4.69, 9.17) is 0 Å². The summed E-state index contributed by atoms with van der Waals surface area (Å²) in [7, 11) is 3.99. The lowest BCUT2D eigenvalue weighted by Crippen LogP contribution is -2.46. The number of piperidine rings is 1. The maximum atomic E-state index is 9.77. The summed E-state index contributed by atoms with van der Waals surface area (Å²) < 4.78 is 0. The summed E-state index contributed by atoms with van der Waals surface area (Å²) in [5, 5.41) is 13.3. The first-order valence-electron chi connectivity index (χ1n) is 6.90. The van der Waals surface area contributed by atoms with Crippen LogP contribution in [0.15, 0.2) is 0 Å². The van der Waals surface area contributed by atoms with Crippen molar-refractivity contribution in [1.82, 2.24) is 15.1 Å². The SMILES string of the molecule is CCCN1CCC(NCC(O)CN(C)C)CC1. The van der Waals surface area contributed by atoms with Crippen molar-refractivity contribution in [2.45, 2.75) is 38.3 Å². The number of rotatable bonds is 7. The molecular formula is C13H29N3O. The number of hydrogen-bond donors (Lipinski definition) is 2. The quantitative estimate of drug-likeness (QED) is 0.678. The first-order valence-corrected chi connectivity index (χ1v) is 6.90. The van der Waals surface area contributed by atoms with E-state index in [-0.39, 0.29) is 6.10 Å². The second-order valence-corrected chi connectivity index (χ2v) is 5.44. The lowest BCUT2D eigenvalue weighted by Gasteiger charge is -2.32. The van der Waals surface area contributed by atoms with E-state index in [1.165, 1.54) is 38.9 Å². The molecule has 17 heavy (non-hydrogen) atoms. The smallest absolute Gasteiger partial charge is 0.0791 e. The standard InChI is InChI=1S/C13H29N3O/c1-4-7-16-8-5-12(6-9-16)14-10-13(17)11-15(2)3/h12-14,17H,4-11H2,1-3H3. The molecule has 0 aromatic carbocycles. The van der Waals surface area contributed by atoms with Gasteiger partial charge in [-0.2, -0.15) is 0 Å². The first-order chi connectivity index (χ1) is 8.11. The van der Waals surface area contributed by atoms with E-state index in [1.807, 2.05) is 19.0 Å². The molecule has 1 rings (SSSR count). The maximum Gasteiger partial charge on any atom is 0.0791 e. The van der Waals surface area contributed by atoms with Crippen LogP contribution in [0.4, 0.5) is 0 Å². The van der Waals surface area contributed by atoms with Gasteiger partial charge in [0.2, 0.25) is 0 Å². The highest BCUT2D eigenvalue weighted by atomic mass is 16.3. The highest BCUT2D eigenvalue weighted by Gasteiger charge is 2.18. The van der Waals surface area contributed by atoms with E-state index in [0.29, 0.717) is 6.04 Å². The van der Waals surface area contributed by atoms with E-state index in [9.17, 15) is 5.11 Å². The first kappa shape index (κ1) is 14.9. The van der Waals surface area contributed by atoms with Gasteiger partial charge >= 0.3 is 0 Å². The minimum atomic E-state index is -0.251. The van der Waals surface area contributed by atoms with Gasteiger partial charge in [0.15, 0.2) is 0 Å². The molecule has 0 saturated carbocycles. The monoisotopic (exact) mass is 243 g/mol. The molecule has 2 N–H and O–H groups in total. The zero-order valence-corrected chi connectivity index (χ0v) is 11.7. The normalized spacial score (nSPS) is 21.0. The van der Waals surface area contributed by atoms with Gasteiger partial charge in [-0.25, -0.2) is 0 Å². The summed E-state index contributed by atoms with van der Waals surface area (Å²) in [4.78, 5) is 4.56. The Labute approximate surface area is 106 Å². The molecule has 0 aromatic rings. The minimum Gasteiger partial charge on any atom is -0.390 e. The maximum absolute atomic E-state index is 9.77. The fourth-order valence-electron chi connectivity index (χ4n) is 2.47. The number of aliphatic hydroxyl groups excluding tert-OH is 1. The van der Waals surface area contributed by atoms with Crippen LogP contribution in [0.2, 0.25) is 0 Å². The largest absolute Gasteiger partial charge is 0.390 e. The molecule has 102 valence electrons. The van der Waals surface area contributed by atoms with Crippen molar-refractivity contribution in [3.8, 4) is 0 Å². The average molecular weight is 243 g/mol. The average Bonchev–Trinajstić information content (AvgIpc) is 2.28. The van der Waals surface area contributed by atoms with Crippen LogP contribution in [0.1, 0.15) is 26.2 Å². The fourth-order valence-corrected chi connectivity index (χ4v) is 2.47. The van der Waals surface area contributed by atoms with Crippen LogP contribution < -0.4 is 5.32 Å². The Hall–Kier alpha value is -0.160. The summed E-state index contributed by atoms with van der Waals surface area (Å²) in [5.74, 6) is 0. The van der Waals surface area contributed by atoms with E-state index >= 15 is 0 Å². The van der Waals surface area contributed by atoms with Crippen LogP contribution in [-0.2, 0) is 0 Å². The van der Waals surface area contributed by atoms with Gasteiger partial charge < -0.3 is 20.2 Å². The van der Waals surface area contributed by atoms with E-state index in [2.05, 4.69) is 17.1 Å². The molecule has 0 radical (unpaired) electrons. The molecular weight excluding hydrogens is 214 g/mol.